The molecule has 3 aromatic rings. The van der Waals surface area contributed by atoms with E-state index < -0.39 is 29.2 Å². The summed E-state index contributed by atoms with van der Waals surface area (Å²) in [6.07, 6.45) is -7.49. The van der Waals surface area contributed by atoms with Crippen molar-refractivity contribution in [1.29, 1.82) is 0 Å². The van der Waals surface area contributed by atoms with Gasteiger partial charge in [-0.15, -0.1) is 11.3 Å². The number of hydrogen-bond donors (Lipinski definition) is 0. The average molecular weight is 532 g/mol. The van der Waals surface area contributed by atoms with Crippen LogP contribution in [0.1, 0.15) is 40.7 Å². The van der Waals surface area contributed by atoms with Crippen LogP contribution in [0.2, 0.25) is 0 Å². The van der Waals surface area contributed by atoms with Crippen molar-refractivity contribution in [3.8, 4) is 11.6 Å². The number of aryl methyl sites for hydroxylation is 1. The standard InChI is InChI=1S/C24H23F6N3O2S/c1-13-2-3-17-18(8-13)36-22-20(17)21(31-19(32-22)12-33-4-6-34-7-5-33)35-16-10-14(23(25,26)27)9-15(11-16)24(28,29)30/h9-11,13H,2-8,12H2,1H3/t13-/m1/s1. The van der Waals surface area contributed by atoms with Gasteiger partial charge in [0.1, 0.15) is 16.4 Å². The first-order valence-corrected chi connectivity index (χ1v) is 12.4. The molecule has 12 heteroatoms. The molecule has 194 valence electrons. The van der Waals surface area contributed by atoms with Crippen LogP contribution >= 0.6 is 11.3 Å². The molecule has 1 aliphatic carbocycles. The summed E-state index contributed by atoms with van der Waals surface area (Å²) in [6, 6.07) is 1.23. The zero-order valence-electron chi connectivity index (χ0n) is 19.3. The van der Waals surface area contributed by atoms with Gasteiger partial charge in [-0.3, -0.25) is 4.90 Å². The summed E-state index contributed by atoms with van der Waals surface area (Å²) in [5, 5.41) is 0.568. The summed E-state index contributed by atoms with van der Waals surface area (Å²) in [4.78, 5) is 13.0. The number of halogens is 6. The first-order valence-electron chi connectivity index (χ1n) is 11.6. The van der Waals surface area contributed by atoms with Gasteiger partial charge in [-0.05, 0) is 48.9 Å². The highest BCUT2D eigenvalue weighted by Gasteiger charge is 2.37. The van der Waals surface area contributed by atoms with Gasteiger partial charge in [0.05, 0.1) is 36.3 Å². The normalized spacial score (nSPS) is 19.5. The molecule has 36 heavy (non-hydrogen) atoms. The Morgan fingerprint density at radius 2 is 1.69 bits per heavy atom. The lowest BCUT2D eigenvalue weighted by Gasteiger charge is -2.25. The van der Waals surface area contributed by atoms with E-state index in [1.54, 1.807) is 0 Å². The lowest BCUT2D eigenvalue weighted by molar-refractivity contribution is -0.143. The highest BCUT2D eigenvalue weighted by molar-refractivity contribution is 7.18. The number of hydrogen-bond acceptors (Lipinski definition) is 6. The van der Waals surface area contributed by atoms with Gasteiger partial charge in [0.2, 0.25) is 5.88 Å². The number of nitrogens with zero attached hydrogens (tertiary/aromatic N) is 3. The van der Waals surface area contributed by atoms with Crippen LogP contribution in [0.4, 0.5) is 26.3 Å². The summed E-state index contributed by atoms with van der Waals surface area (Å²) in [5.41, 5.74) is -1.91. The fourth-order valence-electron chi connectivity index (χ4n) is 4.55. The van der Waals surface area contributed by atoms with E-state index in [0.717, 1.165) is 29.7 Å². The minimum atomic E-state index is -4.97. The Hall–Kier alpha value is -2.44. The number of aromatic nitrogens is 2. The highest BCUT2D eigenvalue weighted by atomic mass is 32.1. The predicted octanol–water partition coefficient (Wildman–Crippen LogP) is 6.48. The van der Waals surface area contributed by atoms with Crippen molar-refractivity contribution in [2.45, 2.75) is 45.1 Å². The van der Waals surface area contributed by atoms with Crippen molar-refractivity contribution >= 4 is 21.6 Å². The highest BCUT2D eigenvalue weighted by Crippen LogP contribution is 2.44. The summed E-state index contributed by atoms with van der Waals surface area (Å²) >= 11 is 1.48. The van der Waals surface area contributed by atoms with E-state index >= 15 is 0 Å². The van der Waals surface area contributed by atoms with Crippen molar-refractivity contribution in [1.82, 2.24) is 14.9 Å². The second kappa shape index (κ2) is 9.46. The van der Waals surface area contributed by atoms with Gasteiger partial charge in [0.25, 0.3) is 0 Å². The third kappa shape index (κ3) is 5.30. The van der Waals surface area contributed by atoms with Crippen molar-refractivity contribution < 1.29 is 35.8 Å². The maximum atomic E-state index is 13.4. The predicted molar refractivity (Wildman–Crippen MR) is 121 cm³/mol. The first-order chi connectivity index (χ1) is 17.0. The molecule has 1 saturated heterocycles. The molecule has 2 aromatic heterocycles. The molecule has 0 N–H and O–H groups in total. The van der Waals surface area contributed by atoms with Crippen LogP contribution in [0.5, 0.6) is 11.6 Å². The lowest BCUT2D eigenvalue weighted by atomic mass is 9.89. The zero-order chi connectivity index (χ0) is 25.7. The molecule has 1 atom stereocenters. The van der Waals surface area contributed by atoms with Crippen LogP contribution in [0.25, 0.3) is 10.2 Å². The van der Waals surface area contributed by atoms with Gasteiger partial charge in [-0.25, -0.2) is 4.98 Å². The second-order valence-electron chi connectivity index (χ2n) is 9.21. The van der Waals surface area contributed by atoms with E-state index in [0.29, 0.717) is 66.9 Å². The van der Waals surface area contributed by atoms with E-state index in [1.165, 1.54) is 11.3 Å². The molecule has 0 radical (unpaired) electrons. The number of alkyl halides is 6. The maximum Gasteiger partial charge on any atom is 0.416 e. The monoisotopic (exact) mass is 531 g/mol. The Morgan fingerprint density at radius 1 is 1.03 bits per heavy atom. The van der Waals surface area contributed by atoms with Gasteiger partial charge in [0, 0.05) is 18.0 Å². The third-order valence-corrected chi connectivity index (χ3v) is 7.56. The van der Waals surface area contributed by atoms with Crippen LogP contribution in [-0.4, -0.2) is 41.2 Å². The molecule has 1 fully saturated rings. The van der Waals surface area contributed by atoms with Crippen molar-refractivity contribution in [3.63, 3.8) is 0 Å². The van der Waals surface area contributed by atoms with E-state index in [2.05, 4.69) is 16.8 Å². The molecule has 3 heterocycles. The summed E-state index contributed by atoms with van der Waals surface area (Å²) in [7, 11) is 0. The molecule has 1 aromatic carbocycles. The molecule has 5 rings (SSSR count). The Morgan fingerprint density at radius 3 is 2.33 bits per heavy atom. The molecule has 0 amide bonds. The Kier molecular flexibility index (Phi) is 6.63. The molecule has 0 spiro atoms. The van der Waals surface area contributed by atoms with Crippen molar-refractivity contribution in [2.24, 2.45) is 5.92 Å². The number of rotatable bonds is 4. The summed E-state index contributed by atoms with van der Waals surface area (Å²) < 4.78 is 91.5. The molecule has 0 unspecified atom stereocenters. The second-order valence-corrected chi connectivity index (χ2v) is 10.3. The molecule has 5 nitrogen and oxygen atoms in total. The number of thiophene rings is 1. The van der Waals surface area contributed by atoms with Crippen LogP contribution < -0.4 is 4.74 Å². The van der Waals surface area contributed by atoms with Crippen LogP contribution in [0.15, 0.2) is 18.2 Å². The van der Waals surface area contributed by atoms with Gasteiger partial charge < -0.3 is 9.47 Å². The van der Waals surface area contributed by atoms with E-state index in [9.17, 15) is 26.3 Å². The number of fused-ring (bicyclic) bond motifs is 3. The van der Waals surface area contributed by atoms with Crippen LogP contribution in [0.3, 0.4) is 0 Å². The fraction of sp³-hybridized carbons (Fsp3) is 0.500. The van der Waals surface area contributed by atoms with Gasteiger partial charge >= 0.3 is 12.4 Å². The van der Waals surface area contributed by atoms with Gasteiger partial charge in [-0.1, -0.05) is 6.92 Å². The summed E-state index contributed by atoms with van der Waals surface area (Å²) in [5.74, 6) is 0.281. The molecule has 2 aliphatic rings. The lowest BCUT2D eigenvalue weighted by Crippen LogP contribution is -2.36. The average Bonchev–Trinajstić information content (AvgIpc) is 3.16. The van der Waals surface area contributed by atoms with Crippen LogP contribution in [0, 0.1) is 5.92 Å². The topological polar surface area (TPSA) is 47.5 Å². The Balaban J connectivity index is 1.60. The van der Waals surface area contributed by atoms with Crippen molar-refractivity contribution in [3.05, 3.63) is 45.6 Å². The van der Waals surface area contributed by atoms with Gasteiger partial charge in [0.15, 0.2) is 0 Å². The fourth-order valence-corrected chi connectivity index (χ4v) is 5.94. The quantitative estimate of drug-likeness (QED) is 0.361. The number of benzene rings is 1. The smallest absolute Gasteiger partial charge is 0.416 e. The van der Waals surface area contributed by atoms with Crippen molar-refractivity contribution in [2.75, 3.05) is 26.3 Å². The third-order valence-electron chi connectivity index (χ3n) is 6.41. The number of ether oxygens (including phenoxy) is 2. The largest absolute Gasteiger partial charge is 0.438 e. The Labute approximate surface area is 207 Å². The SMILES string of the molecule is C[C@@H]1CCc2c(sc3nc(CN4CCOCC4)nc(Oc4cc(C(F)(F)F)cc(C(F)(F)F)c4)c23)C1. The Bertz CT molecular complexity index is 1240. The summed E-state index contributed by atoms with van der Waals surface area (Å²) in [6.45, 7) is 4.95. The van der Waals surface area contributed by atoms with E-state index in [1.807, 2.05) is 0 Å². The zero-order valence-corrected chi connectivity index (χ0v) is 20.1. The van der Waals surface area contributed by atoms with Crippen LogP contribution in [-0.2, 0) is 36.5 Å². The molecule has 0 bridgehead atoms. The minimum absolute atomic E-state index is 0.0113. The molecular formula is C24H23F6N3O2S. The first kappa shape index (κ1) is 25.2. The van der Waals surface area contributed by atoms with Gasteiger partial charge in [-0.2, -0.15) is 31.3 Å². The molecule has 0 saturated carbocycles. The molecular weight excluding hydrogens is 508 g/mol. The van der Waals surface area contributed by atoms with E-state index in [4.69, 9.17) is 14.5 Å². The molecule has 1 aliphatic heterocycles. The number of morpholine rings is 1. The maximum absolute atomic E-state index is 13.4. The minimum Gasteiger partial charge on any atom is -0.438 e. The van der Waals surface area contributed by atoms with E-state index in [-0.39, 0.29) is 11.9 Å².